The molecular weight excluding hydrogens is 304 g/mol. The van der Waals surface area contributed by atoms with Crippen LogP contribution in [-0.4, -0.2) is 24.2 Å². The second-order valence-electron chi connectivity index (χ2n) is 5.98. The molecule has 1 amide bonds. The molecule has 0 unspecified atom stereocenters. The summed E-state index contributed by atoms with van der Waals surface area (Å²) in [4.78, 5) is 25.1. The van der Waals surface area contributed by atoms with Gasteiger partial charge in [0, 0.05) is 36.8 Å². The minimum atomic E-state index is -0.374. The van der Waals surface area contributed by atoms with Crippen molar-refractivity contribution in [3.05, 3.63) is 62.6 Å². The van der Waals surface area contributed by atoms with Gasteiger partial charge in [-0.25, -0.2) is 0 Å². The summed E-state index contributed by atoms with van der Waals surface area (Å²) in [5, 5.41) is 2.90. The third-order valence-corrected chi connectivity index (χ3v) is 4.24. The van der Waals surface area contributed by atoms with E-state index < -0.39 is 0 Å². The van der Waals surface area contributed by atoms with Crippen molar-refractivity contribution < 1.29 is 9.53 Å². The predicted octanol–water partition coefficient (Wildman–Crippen LogP) is 2.98. The molecule has 1 aromatic carbocycles. The molecule has 0 aliphatic rings. The lowest BCUT2D eigenvalue weighted by Gasteiger charge is -2.18. The van der Waals surface area contributed by atoms with Crippen LogP contribution in [0, 0.1) is 27.7 Å². The van der Waals surface area contributed by atoms with Gasteiger partial charge in [-0.2, -0.15) is 0 Å². The molecule has 0 atom stereocenters. The van der Waals surface area contributed by atoms with Crippen LogP contribution >= 0.6 is 0 Å². The van der Waals surface area contributed by atoms with E-state index in [9.17, 15) is 9.59 Å². The molecule has 1 N–H and O–H groups in total. The number of benzene rings is 1. The largest absolute Gasteiger partial charge is 0.383 e. The number of hydrogen-bond acceptors (Lipinski definition) is 3. The highest BCUT2D eigenvalue weighted by molar-refractivity contribution is 6.05. The Morgan fingerprint density at radius 1 is 1.17 bits per heavy atom. The topological polar surface area (TPSA) is 60.3 Å². The van der Waals surface area contributed by atoms with Crippen LogP contribution in [0.4, 0.5) is 5.69 Å². The zero-order valence-corrected chi connectivity index (χ0v) is 14.9. The molecule has 1 aromatic heterocycles. The van der Waals surface area contributed by atoms with Crippen molar-refractivity contribution in [2.24, 2.45) is 0 Å². The van der Waals surface area contributed by atoms with Crippen LogP contribution in [-0.2, 0) is 11.3 Å². The van der Waals surface area contributed by atoms with Crippen molar-refractivity contribution in [1.82, 2.24) is 4.57 Å². The fraction of sp³-hybridized carbons (Fsp3) is 0.368. The van der Waals surface area contributed by atoms with E-state index in [1.807, 2.05) is 43.5 Å². The van der Waals surface area contributed by atoms with E-state index in [2.05, 4.69) is 5.32 Å². The zero-order valence-electron chi connectivity index (χ0n) is 14.9. The lowest BCUT2D eigenvalue weighted by molar-refractivity contribution is 0.102. The maximum Gasteiger partial charge on any atom is 0.261 e. The van der Waals surface area contributed by atoms with E-state index in [-0.39, 0.29) is 16.9 Å². The van der Waals surface area contributed by atoms with Crippen molar-refractivity contribution in [3.8, 4) is 0 Å². The van der Waals surface area contributed by atoms with Crippen LogP contribution in [0.5, 0.6) is 0 Å². The summed E-state index contributed by atoms with van der Waals surface area (Å²) in [6.45, 7) is 8.63. The number of para-hydroxylation sites is 1. The highest BCUT2D eigenvalue weighted by Crippen LogP contribution is 2.20. The molecule has 24 heavy (non-hydrogen) atoms. The van der Waals surface area contributed by atoms with Gasteiger partial charge in [0.05, 0.1) is 6.61 Å². The standard InChI is InChI=1S/C19H24N2O3/c1-12-7-6-8-13(2)18(12)20-19(23)17-15(4)21(9-10-24-5)14(3)11-16(17)22/h6-8,11H,9-10H2,1-5H3,(H,20,23). The van der Waals surface area contributed by atoms with Gasteiger partial charge in [-0.05, 0) is 38.8 Å². The van der Waals surface area contributed by atoms with Gasteiger partial charge in [-0.15, -0.1) is 0 Å². The number of ether oxygens (including phenoxy) is 1. The number of hydrogen-bond donors (Lipinski definition) is 1. The molecule has 0 saturated carbocycles. The minimum absolute atomic E-state index is 0.180. The van der Waals surface area contributed by atoms with Crippen LogP contribution in [0.1, 0.15) is 32.9 Å². The number of pyridine rings is 1. The number of carbonyl (C=O) groups is 1. The minimum Gasteiger partial charge on any atom is -0.383 e. The second-order valence-corrected chi connectivity index (χ2v) is 5.98. The first-order valence-corrected chi connectivity index (χ1v) is 7.94. The average molecular weight is 328 g/mol. The molecule has 5 heteroatoms. The van der Waals surface area contributed by atoms with E-state index in [1.165, 1.54) is 6.07 Å². The van der Waals surface area contributed by atoms with Gasteiger partial charge < -0.3 is 14.6 Å². The molecule has 128 valence electrons. The summed E-state index contributed by atoms with van der Waals surface area (Å²) in [5.41, 5.74) is 4.08. The van der Waals surface area contributed by atoms with Crippen LogP contribution in [0.15, 0.2) is 29.1 Å². The Hall–Kier alpha value is -2.40. The number of nitrogens with zero attached hydrogens (tertiary/aromatic N) is 1. The van der Waals surface area contributed by atoms with Crippen LogP contribution < -0.4 is 10.7 Å². The average Bonchev–Trinajstić information content (AvgIpc) is 2.50. The van der Waals surface area contributed by atoms with Gasteiger partial charge >= 0.3 is 0 Å². The Kier molecular flexibility index (Phi) is 5.57. The van der Waals surface area contributed by atoms with Crippen molar-refractivity contribution in [2.75, 3.05) is 19.0 Å². The Morgan fingerprint density at radius 3 is 2.38 bits per heavy atom. The van der Waals surface area contributed by atoms with E-state index in [4.69, 9.17) is 4.74 Å². The first-order chi connectivity index (χ1) is 11.4. The molecule has 0 bridgehead atoms. The van der Waals surface area contributed by atoms with Crippen molar-refractivity contribution in [3.63, 3.8) is 0 Å². The third-order valence-electron chi connectivity index (χ3n) is 4.24. The first-order valence-electron chi connectivity index (χ1n) is 7.94. The highest BCUT2D eigenvalue weighted by Gasteiger charge is 2.18. The molecule has 0 aliphatic heterocycles. The van der Waals surface area contributed by atoms with E-state index in [1.54, 1.807) is 14.0 Å². The highest BCUT2D eigenvalue weighted by atomic mass is 16.5. The summed E-state index contributed by atoms with van der Waals surface area (Å²) >= 11 is 0. The van der Waals surface area contributed by atoms with Crippen LogP contribution in [0.3, 0.4) is 0 Å². The SMILES string of the molecule is COCCn1c(C)cc(=O)c(C(=O)Nc2c(C)cccc2C)c1C. The summed E-state index contributed by atoms with van der Waals surface area (Å²) in [6, 6.07) is 7.31. The van der Waals surface area contributed by atoms with Gasteiger partial charge in [0.15, 0.2) is 5.43 Å². The number of amides is 1. The Bertz CT molecular complexity index is 802. The summed E-state index contributed by atoms with van der Waals surface area (Å²) in [6.07, 6.45) is 0. The third kappa shape index (κ3) is 3.57. The lowest BCUT2D eigenvalue weighted by atomic mass is 10.1. The first kappa shape index (κ1) is 17.9. The van der Waals surface area contributed by atoms with Crippen molar-refractivity contribution in [1.29, 1.82) is 0 Å². The predicted molar refractivity (Wildman–Crippen MR) is 95.9 cm³/mol. The zero-order chi connectivity index (χ0) is 17.9. The fourth-order valence-corrected chi connectivity index (χ4v) is 2.91. The second kappa shape index (κ2) is 7.45. The summed E-state index contributed by atoms with van der Waals surface area (Å²) in [7, 11) is 1.63. The molecule has 0 spiro atoms. The number of carbonyl (C=O) groups excluding carboxylic acids is 1. The summed E-state index contributed by atoms with van der Waals surface area (Å²) < 4.78 is 7.05. The Labute approximate surface area is 142 Å². The van der Waals surface area contributed by atoms with Crippen molar-refractivity contribution in [2.45, 2.75) is 34.2 Å². The number of anilines is 1. The van der Waals surface area contributed by atoms with E-state index >= 15 is 0 Å². The Balaban J connectivity index is 2.44. The quantitative estimate of drug-likeness (QED) is 0.918. The van der Waals surface area contributed by atoms with Crippen molar-refractivity contribution >= 4 is 11.6 Å². The molecular formula is C19H24N2O3. The van der Waals surface area contributed by atoms with Crippen LogP contribution in [0.2, 0.25) is 0 Å². The lowest BCUT2D eigenvalue weighted by Crippen LogP contribution is -2.28. The molecule has 0 radical (unpaired) electrons. The number of aryl methyl sites for hydroxylation is 3. The van der Waals surface area contributed by atoms with Gasteiger partial charge in [0.25, 0.3) is 5.91 Å². The molecule has 2 aromatic rings. The van der Waals surface area contributed by atoms with Crippen LogP contribution in [0.25, 0.3) is 0 Å². The van der Waals surface area contributed by atoms with Gasteiger partial charge in [-0.3, -0.25) is 9.59 Å². The molecule has 0 fully saturated rings. The fourth-order valence-electron chi connectivity index (χ4n) is 2.91. The molecule has 0 saturated heterocycles. The molecule has 2 rings (SSSR count). The summed E-state index contributed by atoms with van der Waals surface area (Å²) in [5.74, 6) is -0.374. The normalized spacial score (nSPS) is 10.7. The number of nitrogens with one attached hydrogen (secondary N) is 1. The monoisotopic (exact) mass is 328 g/mol. The van der Waals surface area contributed by atoms with Gasteiger partial charge in [0.1, 0.15) is 5.56 Å². The van der Waals surface area contributed by atoms with Gasteiger partial charge in [-0.1, -0.05) is 18.2 Å². The maximum atomic E-state index is 12.7. The van der Waals surface area contributed by atoms with Gasteiger partial charge in [0.2, 0.25) is 0 Å². The number of aromatic nitrogens is 1. The van der Waals surface area contributed by atoms with E-state index in [0.717, 1.165) is 22.5 Å². The number of rotatable bonds is 5. The Morgan fingerprint density at radius 2 is 1.79 bits per heavy atom. The maximum absolute atomic E-state index is 12.7. The number of methoxy groups -OCH3 is 1. The smallest absolute Gasteiger partial charge is 0.261 e. The molecule has 1 heterocycles. The molecule has 5 nitrogen and oxygen atoms in total. The van der Waals surface area contributed by atoms with E-state index in [0.29, 0.717) is 18.8 Å². The molecule has 0 aliphatic carbocycles.